The summed E-state index contributed by atoms with van der Waals surface area (Å²) < 4.78 is 11.9. The lowest BCUT2D eigenvalue weighted by atomic mass is 10.1. The number of amides is 2. The van der Waals surface area contributed by atoms with Crippen molar-refractivity contribution in [1.29, 1.82) is 0 Å². The predicted octanol–water partition coefficient (Wildman–Crippen LogP) is 3.94. The number of nitrogens with one attached hydrogen (secondary N) is 2. The van der Waals surface area contributed by atoms with Crippen LogP contribution in [-0.4, -0.2) is 32.8 Å². The highest BCUT2D eigenvalue weighted by atomic mass is 79.9. The van der Waals surface area contributed by atoms with Crippen LogP contribution in [0.2, 0.25) is 0 Å². The van der Waals surface area contributed by atoms with Crippen LogP contribution in [0.25, 0.3) is 0 Å². The standard InChI is InChI=1S/C20H25BrN2O3/c1-3-26-18-9-8-15(14-19(18)25-2)10-12-22-20(24)23-13-11-16-6-4-5-7-17(16)21/h4-9,14H,3,10-13H2,1-2H3,(H2,22,23,24). The Balaban J connectivity index is 1.72. The zero-order valence-electron chi connectivity index (χ0n) is 15.2. The first-order valence-electron chi connectivity index (χ1n) is 8.68. The van der Waals surface area contributed by atoms with E-state index in [1.54, 1.807) is 7.11 Å². The van der Waals surface area contributed by atoms with Crippen molar-refractivity contribution in [2.45, 2.75) is 19.8 Å². The first-order chi connectivity index (χ1) is 12.6. The Labute approximate surface area is 163 Å². The number of urea groups is 1. The van der Waals surface area contributed by atoms with E-state index in [9.17, 15) is 4.79 Å². The second-order valence-corrected chi connectivity index (χ2v) is 6.55. The quantitative estimate of drug-likeness (QED) is 0.645. The third-order valence-corrected chi connectivity index (χ3v) is 4.64. The number of carbonyl (C=O) groups is 1. The summed E-state index contributed by atoms with van der Waals surface area (Å²) in [6.45, 7) is 3.67. The van der Waals surface area contributed by atoms with Crippen LogP contribution in [0.4, 0.5) is 4.79 Å². The Morgan fingerprint density at radius 2 is 1.77 bits per heavy atom. The smallest absolute Gasteiger partial charge is 0.314 e. The van der Waals surface area contributed by atoms with Crippen molar-refractivity contribution >= 4 is 22.0 Å². The molecule has 6 heteroatoms. The second-order valence-electron chi connectivity index (χ2n) is 5.69. The number of rotatable bonds is 9. The van der Waals surface area contributed by atoms with Gasteiger partial charge < -0.3 is 20.1 Å². The number of methoxy groups -OCH3 is 1. The van der Waals surface area contributed by atoms with Gasteiger partial charge in [-0.15, -0.1) is 0 Å². The van der Waals surface area contributed by atoms with Crippen LogP contribution in [0, 0.1) is 0 Å². The normalized spacial score (nSPS) is 10.3. The van der Waals surface area contributed by atoms with Crippen molar-refractivity contribution in [3.63, 3.8) is 0 Å². The lowest BCUT2D eigenvalue weighted by Crippen LogP contribution is -2.37. The maximum Gasteiger partial charge on any atom is 0.314 e. The van der Waals surface area contributed by atoms with Gasteiger partial charge in [-0.1, -0.05) is 40.2 Å². The largest absolute Gasteiger partial charge is 0.493 e. The molecule has 26 heavy (non-hydrogen) atoms. The van der Waals surface area contributed by atoms with E-state index in [0.717, 1.165) is 28.6 Å². The summed E-state index contributed by atoms with van der Waals surface area (Å²) >= 11 is 3.51. The van der Waals surface area contributed by atoms with Gasteiger partial charge in [0.1, 0.15) is 0 Å². The van der Waals surface area contributed by atoms with Crippen molar-refractivity contribution in [1.82, 2.24) is 10.6 Å². The number of benzene rings is 2. The fourth-order valence-corrected chi connectivity index (χ4v) is 3.02. The molecule has 0 unspecified atom stereocenters. The molecule has 0 saturated carbocycles. The molecule has 0 atom stereocenters. The Kier molecular flexibility index (Phi) is 8.28. The predicted molar refractivity (Wildman–Crippen MR) is 107 cm³/mol. The van der Waals surface area contributed by atoms with Crippen molar-refractivity contribution in [3.8, 4) is 11.5 Å². The van der Waals surface area contributed by atoms with Crippen LogP contribution in [0.5, 0.6) is 11.5 Å². The highest BCUT2D eigenvalue weighted by Crippen LogP contribution is 2.28. The average molecular weight is 421 g/mol. The van der Waals surface area contributed by atoms with Gasteiger partial charge in [0.2, 0.25) is 0 Å². The van der Waals surface area contributed by atoms with Crippen LogP contribution in [0.1, 0.15) is 18.1 Å². The summed E-state index contributed by atoms with van der Waals surface area (Å²) in [6, 6.07) is 13.7. The van der Waals surface area contributed by atoms with Gasteiger partial charge in [0.15, 0.2) is 11.5 Å². The van der Waals surface area contributed by atoms with Crippen LogP contribution >= 0.6 is 15.9 Å². The van der Waals surface area contributed by atoms with Gasteiger partial charge in [-0.3, -0.25) is 0 Å². The third kappa shape index (κ3) is 6.26. The highest BCUT2D eigenvalue weighted by Gasteiger charge is 2.06. The molecular formula is C20H25BrN2O3. The van der Waals surface area contributed by atoms with E-state index < -0.39 is 0 Å². The lowest BCUT2D eigenvalue weighted by Gasteiger charge is -2.12. The Morgan fingerprint density at radius 3 is 2.46 bits per heavy atom. The Hall–Kier alpha value is -2.21. The van der Waals surface area contributed by atoms with E-state index in [-0.39, 0.29) is 6.03 Å². The van der Waals surface area contributed by atoms with E-state index in [4.69, 9.17) is 9.47 Å². The van der Waals surface area contributed by atoms with Crippen molar-refractivity contribution < 1.29 is 14.3 Å². The van der Waals surface area contributed by atoms with E-state index in [1.807, 2.05) is 49.4 Å². The summed E-state index contributed by atoms with van der Waals surface area (Å²) in [6.07, 6.45) is 1.51. The number of hydrogen-bond donors (Lipinski definition) is 2. The highest BCUT2D eigenvalue weighted by molar-refractivity contribution is 9.10. The number of hydrogen-bond acceptors (Lipinski definition) is 3. The zero-order valence-corrected chi connectivity index (χ0v) is 16.8. The Bertz CT molecular complexity index is 722. The molecule has 0 heterocycles. The molecule has 0 aliphatic carbocycles. The molecule has 0 bridgehead atoms. The maximum atomic E-state index is 11.9. The molecular weight excluding hydrogens is 396 g/mol. The van der Waals surface area contributed by atoms with E-state index in [1.165, 1.54) is 5.56 Å². The summed E-state index contributed by atoms with van der Waals surface area (Å²) in [7, 11) is 1.62. The van der Waals surface area contributed by atoms with Crippen molar-refractivity contribution in [2.75, 3.05) is 26.8 Å². The first kappa shape index (κ1) is 20.1. The second kappa shape index (κ2) is 10.7. The molecule has 2 N–H and O–H groups in total. The SMILES string of the molecule is CCOc1ccc(CCNC(=O)NCCc2ccccc2Br)cc1OC. The molecule has 5 nitrogen and oxygen atoms in total. The average Bonchev–Trinajstić information content (AvgIpc) is 2.64. The molecule has 140 valence electrons. The minimum Gasteiger partial charge on any atom is -0.493 e. The molecule has 0 radical (unpaired) electrons. The molecule has 0 spiro atoms. The summed E-state index contributed by atoms with van der Waals surface area (Å²) in [5.74, 6) is 1.44. The molecule has 0 aliphatic heterocycles. The van der Waals surface area contributed by atoms with Gasteiger partial charge in [0.05, 0.1) is 13.7 Å². The molecule has 2 rings (SSSR count). The summed E-state index contributed by atoms with van der Waals surface area (Å²) in [5, 5.41) is 5.75. The third-order valence-electron chi connectivity index (χ3n) is 3.86. The fourth-order valence-electron chi connectivity index (χ4n) is 2.54. The summed E-state index contributed by atoms with van der Waals surface area (Å²) in [5.41, 5.74) is 2.26. The summed E-state index contributed by atoms with van der Waals surface area (Å²) in [4.78, 5) is 11.9. The number of carbonyl (C=O) groups excluding carboxylic acids is 1. The zero-order chi connectivity index (χ0) is 18.8. The molecule has 2 aromatic carbocycles. The lowest BCUT2D eigenvalue weighted by molar-refractivity contribution is 0.241. The minimum absolute atomic E-state index is 0.157. The topological polar surface area (TPSA) is 59.6 Å². The van der Waals surface area contributed by atoms with Crippen LogP contribution in [-0.2, 0) is 12.8 Å². The van der Waals surface area contributed by atoms with E-state index >= 15 is 0 Å². The molecule has 2 aromatic rings. The van der Waals surface area contributed by atoms with Crippen LogP contribution < -0.4 is 20.1 Å². The first-order valence-corrected chi connectivity index (χ1v) is 9.48. The molecule has 0 aromatic heterocycles. The van der Waals surface area contributed by atoms with Gasteiger partial charge >= 0.3 is 6.03 Å². The van der Waals surface area contributed by atoms with Crippen molar-refractivity contribution in [3.05, 3.63) is 58.1 Å². The van der Waals surface area contributed by atoms with E-state index in [2.05, 4.69) is 26.6 Å². The van der Waals surface area contributed by atoms with Gasteiger partial charge in [-0.05, 0) is 49.1 Å². The van der Waals surface area contributed by atoms with Crippen LogP contribution in [0.3, 0.4) is 0 Å². The van der Waals surface area contributed by atoms with Crippen LogP contribution in [0.15, 0.2) is 46.9 Å². The number of halogens is 1. The van der Waals surface area contributed by atoms with Gasteiger partial charge in [-0.25, -0.2) is 4.79 Å². The van der Waals surface area contributed by atoms with Gasteiger partial charge in [-0.2, -0.15) is 0 Å². The maximum absolute atomic E-state index is 11.9. The minimum atomic E-state index is -0.157. The van der Waals surface area contributed by atoms with Gasteiger partial charge in [0.25, 0.3) is 0 Å². The molecule has 0 saturated heterocycles. The Morgan fingerprint density at radius 1 is 1.04 bits per heavy atom. The number of ether oxygens (including phenoxy) is 2. The fraction of sp³-hybridized carbons (Fsp3) is 0.350. The molecule has 2 amide bonds. The van der Waals surface area contributed by atoms with E-state index in [0.29, 0.717) is 25.4 Å². The van der Waals surface area contributed by atoms with Gasteiger partial charge in [0, 0.05) is 17.6 Å². The molecule has 0 aliphatic rings. The molecule has 0 fully saturated rings. The van der Waals surface area contributed by atoms with Crippen molar-refractivity contribution in [2.24, 2.45) is 0 Å². The monoisotopic (exact) mass is 420 g/mol.